The van der Waals surface area contributed by atoms with Gasteiger partial charge in [-0.1, -0.05) is 0 Å². The molecule has 24 heavy (non-hydrogen) atoms. The molecular weight excluding hydrogens is 374 g/mol. The van der Waals surface area contributed by atoms with Gasteiger partial charge in [0, 0.05) is 31.9 Å². The zero-order valence-electron chi connectivity index (χ0n) is 12.7. The highest BCUT2D eigenvalue weighted by atomic mass is 79.9. The fourth-order valence-corrected chi connectivity index (χ4v) is 3.18. The summed E-state index contributed by atoms with van der Waals surface area (Å²) in [4.78, 5) is 30.0. The largest absolute Gasteiger partial charge is 0.467 e. The van der Waals surface area contributed by atoms with Gasteiger partial charge in [-0.15, -0.1) is 0 Å². The average Bonchev–Trinajstić information content (AvgIpc) is 3.01. The number of nitrogens with one attached hydrogen (secondary N) is 1. The Kier molecular flexibility index (Phi) is 3.99. The van der Waals surface area contributed by atoms with Crippen molar-refractivity contribution < 1.29 is 4.42 Å². The number of halogens is 1. The van der Waals surface area contributed by atoms with E-state index in [0.29, 0.717) is 30.0 Å². The maximum Gasteiger partial charge on any atom is 0.255 e. The maximum atomic E-state index is 12.5. The summed E-state index contributed by atoms with van der Waals surface area (Å²) in [5, 5.41) is 0. The summed E-state index contributed by atoms with van der Waals surface area (Å²) < 4.78 is 6.38. The third kappa shape index (κ3) is 3.02. The van der Waals surface area contributed by atoms with Gasteiger partial charge in [-0.3, -0.25) is 9.69 Å². The zero-order valence-corrected chi connectivity index (χ0v) is 14.3. The topological polar surface area (TPSA) is 87.9 Å². The molecule has 0 radical (unpaired) electrons. The molecule has 4 rings (SSSR count). The standard InChI is InChI=1S/C16H14BrN5O2/c17-11-3-12(24-8-11)6-22-2-1-14-13(7-22)16(23)21-15(20-14)10-4-18-9-19-5-10/h3-5,8-9H,1-2,6-7H2,(H,20,21,23). The highest BCUT2D eigenvalue weighted by molar-refractivity contribution is 9.10. The number of H-pyrrole nitrogens is 1. The van der Waals surface area contributed by atoms with E-state index in [1.807, 2.05) is 6.07 Å². The van der Waals surface area contributed by atoms with E-state index in [1.54, 1.807) is 18.7 Å². The summed E-state index contributed by atoms with van der Waals surface area (Å²) in [5.41, 5.74) is 2.16. The predicted molar refractivity (Wildman–Crippen MR) is 90.1 cm³/mol. The second kappa shape index (κ2) is 6.29. The molecule has 0 aromatic carbocycles. The third-order valence-corrected chi connectivity index (χ3v) is 4.40. The lowest BCUT2D eigenvalue weighted by molar-refractivity contribution is 0.222. The van der Waals surface area contributed by atoms with Crippen LogP contribution in [0, 0.1) is 0 Å². The molecule has 0 saturated heterocycles. The first-order chi connectivity index (χ1) is 11.7. The number of fused-ring (bicyclic) bond motifs is 1. The van der Waals surface area contributed by atoms with E-state index in [4.69, 9.17) is 4.42 Å². The predicted octanol–water partition coefficient (Wildman–Crippen LogP) is 2.14. The molecule has 1 N–H and O–H groups in total. The molecule has 0 bridgehead atoms. The number of nitrogens with zero attached hydrogens (tertiary/aromatic N) is 4. The Morgan fingerprint density at radius 3 is 2.92 bits per heavy atom. The maximum absolute atomic E-state index is 12.5. The van der Waals surface area contributed by atoms with E-state index >= 15 is 0 Å². The quantitative estimate of drug-likeness (QED) is 0.740. The molecule has 0 saturated carbocycles. The van der Waals surface area contributed by atoms with Crippen LogP contribution in [0.25, 0.3) is 11.4 Å². The van der Waals surface area contributed by atoms with E-state index < -0.39 is 0 Å². The minimum atomic E-state index is -0.107. The Labute approximate surface area is 145 Å². The van der Waals surface area contributed by atoms with Gasteiger partial charge in [0.05, 0.1) is 27.8 Å². The Hall–Kier alpha value is -2.32. The number of aromatic nitrogens is 4. The number of aromatic amines is 1. The van der Waals surface area contributed by atoms with Crippen LogP contribution in [0.2, 0.25) is 0 Å². The van der Waals surface area contributed by atoms with Crippen molar-refractivity contribution in [3.05, 3.63) is 62.9 Å². The monoisotopic (exact) mass is 387 g/mol. The van der Waals surface area contributed by atoms with Crippen LogP contribution in [0.3, 0.4) is 0 Å². The van der Waals surface area contributed by atoms with Crippen LogP contribution in [-0.4, -0.2) is 31.4 Å². The van der Waals surface area contributed by atoms with Crippen molar-refractivity contribution in [2.75, 3.05) is 6.54 Å². The molecule has 0 atom stereocenters. The molecule has 122 valence electrons. The normalized spacial score (nSPS) is 14.5. The fourth-order valence-electron chi connectivity index (χ4n) is 2.83. The first kappa shape index (κ1) is 15.2. The van der Waals surface area contributed by atoms with Crippen molar-refractivity contribution in [2.45, 2.75) is 19.5 Å². The molecule has 8 heteroatoms. The van der Waals surface area contributed by atoms with Crippen LogP contribution in [-0.2, 0) is 19.5 Å². The van der Waals surface area contributed by atoms with Gasteiger partial charge >= 0.3 is 0 Å². The van der Waals surface area contributed by atoms with Gasteiger partial charge in [-0.2, -0.15) is 0 Å². The third-order valence-electron chi connectivity index (χ3n) is 3.98. The van der Waals surface area contributed by atoms with E-state index in [-0.39, 0.29) is 5.56 Å². The summed E-state index contributed by atoms with van der Waals surface area (Å²) in [6.07, 6.45) is 7.12. The first-order valence-electron chi connectivity index (χ1n) is 7.52. The molecule has 0 spiro atoms. The van der Waals surface area contributed by atoms with Gasteiger partial charge in [0.25, 0.3) is 5.56 Å². The van der Waals surface area contributed by atoms with Gasteiger partial charge in [-0.25, -0.2) is 15.0 Å². The zero-order chi connectivity index (χ0) is 16.5. The number of hydrogen-bond acceptors (Lipinski definition) is 6. The number of furan rings is 1. The molecule has 1 aliphatic heterocycles. The summed E-state index contributed by atoms with van der Waals surface area (Å²) >= 11 is 3.38. The Morgan fingerprint density at radius 1 is 1.33 bits per heavy atom. The van der Waals surface area contributed by atoms with Gasteiger partial charge in [0.2, 0.25) is 0 Å². The van der Waals surface area contributed by atoms with Crippen LogP contribution in [0.1, 0.15) is 17.0 Å². The summed E-state index contributed by atoms with van der Waals surface area (Å²) in [7, 11) is 0. The van der Waals surface area contributed by atoms with Crippen molar-refractivity contribution in [1.82, 2.24) is 24.8 Å². The highest BCUT2D eigenvalue weighted by Crippen LogP contribution is 2.21. The van der Waals surface area contributed by atoms with E-state index in [0.717, 1.165) is 28.9 Å². The number of rotatable bonds is 3. The lowest BCUT2D eigenvalue weighted by Crippen LogP contribution is -2.35. The van der Waals surface area contributed by atoms with Crippen LogP contribution in [0.15, 0.2) is 44.7 Å². The smallest absolute Gasteiger partial charge is 0.255 e. The van der Waals surface area contributed by atoms with E-state index in [9.17, 15) is 4.79 Å². The van der Waals surface area contributed by atoms with Crippen LogP contribution < -0.4 is 5.56 Å². The van der Waals surface area contributed by atoms with Gasteiger partial charge in [0.15, 0.2) is 0 Å². The lowest BCUT2D eigenvalue weighted by atomic mass is 10.1. The van der Waals surface area contributed by atoms with Crippen molar-refractivity contribution >= 4 is 15.9 Å². The van der Waals surface area contributed by atoms with Gasteiger partial charge in [0.1, 0.15) is 24.2 Å². The molecule has 0 unspecified atom stereocenters. The minimum Gasteiger partial charge on any atom is -0.467 e. The van der Waals surface area contributed by atoms with Crippen LogP contribution in [0.4, 0.5) is 0 Å². The number of hydrogen-bond donors (Lipinski definition) is 1. The van der Waals surface area contributed by atoms with Crippen molar-refractivity contribution in [2.24, 2.45) is 0 Å². The molecule has 1 aliphatic rings. The first-order valence-corrected chi connectivity index (χ1v) is 8.31. The van der Waals surface area contributed by atoms with E-state index in [1.165, 1.54) is 6.33 Å². The van der Waals surface area contributed by atoms with Crippen molar-refractivity contribution in [3.8, 4) is 11.4 Å². The molecule has 3 aromatic heterocycles. The fraction of sp³-hybridized carbons (Fsp3) is 0.250. The molecule has 0 amide bonds. The minimum absolute atomic E-state index is 0.107. The second-order valence-electron chi connectivity index (χ2n) is 5.66. The van der Waals surface area contributed by atoms with E-state index in [2.05, 4.69) is 40.8 Å². The Morgan fingerprint density at radius 2 is 2.17 bits per heavy atom. The van der Waals surface area contributed by atoms with Crippen LogP contribution in [0.5, 0.6) is 0 Å². The summed E-state index contributed by atoms with van der Waals surface area (Å²) in [6, 6.07) is 1.94. The molecule has 7 nitrogen and oxygen atoms in total. The average molecular weight is 388 g/mol. The molecule has 4 heterocycles. The van der Waals surface area contributed by atoms with Crippen molar-refractivity contribution in [3.63, 3.8) is 0 Å². The van der Waals surface area contributed by atoms with Gasteiger partial charge < -0.3 is 9.40 Å². The van der Waals surface area contributed by atoms with Gasteiger partial charge in [-0.05, 0) is 22.0 Å². The van der Waals surface area contributed by atoms with Crippen LogP contribution >= 0.6 is 15.9 Å². The second-order valence-corrected chi connectivity index (χ2v) is 6.57. The molecule has 3 aromatic rings. The summed E-state index contributed by atoms with van der Waals surface area (Å²) in [6.45, 7) is 2.05. The Balaban J connectivity index is 1.59. The molecule has 0 aliphatic carbocycles. The molecular formula is C16H14BrN5O2. The summed E-state index contributed by atoms with van der Waals surface area (Å²) in [5.74, 6) is 1.38. The highest BCUT2D eigenvalue weighted by Gasteiger charge is 2.22. The SMILES string of the molecule is O=c1[nH]c(-c2cncnc2)nc2c1CN(Cc1cc(Br)co1)CC2. The van der Waals surface area contributed by atoms with Crippen molar-refractivity contribution in [1.29, 1.82) is 0 Å². The lowest BCUT2D eigenvalue weighted by Gasteiger charge is -2.26. The molecule has 0 fully saturated rings. The Bertz CT molecular complexity index is 922.